The zero-order chi connectivity index (χ0) is 14.8. The first-order valence-corrected chi connectivity index (χ1v) is 7.62. The number of fused-ring (bicyclic) bond motifs is 1. The van der Waals surface area contributed by atoms with Gasteiger partial charge in [-0.15, -0.1) is 0 Å². The van der Waals surface area contributed by atoms with Crippen LogP contribution in [0.5, 0.6) is 0 Å². The second kappa shape index (κ2) is 5.90. The molecule has 1 atom stereocenters. The molecule has 0 aliphatic carbocycles. The van der Waals surface area contributed by atoms with E-state index in [1.54, 1.807) is 0 Å². The lowest BCUT2D eigenvalue weighted by Crippen LogP contribution is -2.35. The Kier molecular flexibility index (Phi) is 3.97. The van der Waals surface area contributed by atoms with E-state index >= 15 is 0 Å². The molecule has 1 aliphatic heterocycles. The number of amides is 1. The molecule has 112 valence electrons. The maximum absolute atomic E-state index is 12.8. The minimum atomic E-state index is -0.0101. The molecule has 1 saturated heterocycles. The molecule has 2 aromatic rings. The number of para-hydroxylation sites is 1. The third kappa shape index (κ3) is 2.56. The van der Waals surface area contributed by atoms with Gasteiger partial charge in [0.05, 0.1) is 0 Å². The largest absolute Gasteiger partial charge is 0.451 e. The fourth-order valence-electron chi connectivity index (χ4n) is 3.24. The lowest BCUT2D eigenvalue weighted by Gasteiger charge is -2.23. The lowest BCUT2D eigenvalue weighted by molar-refractivity contribution is 0.0693. The van der Waals surface area contributed by atoms with E-state index in [0.29, 0.717) is 5.76 Å². The van der Waals surface area contributed by atoms with Crippen molar-refractivity contribution in [3.63, 3.8) is 0 Å². The molecule has 1 aromatic carbocycles. The van der Waals surface area contributed by atoms with Crippen molar-refractivity contribution in [2.24, 2.45) is 0 Å². The van der Waals surface area contributed by atoms with E-state index in [1.165, 1.54) is 0 Å². The molecule has 1 amide bonds. The molecule has 1 aromatic heterocycles. The summed E-state index contributed by atoms with van der Waals surface area (Å²) >= 11 is 0. The summed E-state index contributed by atoms with van der Waals surface area (Å²) in [6.07, 6.45) is 3.65. The fraction of sp³-hybridized carbons (Fsp3) is 0.471. The highest BCUT2D eigenvalue weighted by molar-refractivity contribution is 5.99. The van der Waals surface area contributed by atoms with Crippen LogP contribution >= 0.6 is 0 Å². The smallest absolute Gasteiger partial charge is 0.290 e. The Bertz CT molecular complexity index is 647. The average Bonchev–Trinajstić information content (AvgIpc) is 3.10. The second-order valence-corrected chi connectivity index (χ2v) is 5.71. The monoisotopic (exact) mass is 287 g/mol. The summed E-state index contributed by atoms with van der Waals surface area (Å²) < 4.78 is 5.79. The molecule has 21 heavy (non-hydrogen) atoms. The molecule has 1 aliphatic rings. The van der Waals surface area contributed by atoms with Crippen molar-refractivity contribution in [3.05, 3.63) is 35.6 Å². The van der Waals surface area contributed by atoms with Crippen LogP contribution in [-0.2, 0) is 0 Å². The number of carbonyl (C=O) groups excluding carboxylic acids is 1. The van der Waals surface area contributed by atoms with Gasteiger partial charge >= 0.3 is 0 Å². The van der Waals surface area contributed by atoms with Crippen LogP contribution in [0.1, 0.15) is 41.8 Å². The highest BCUT2D eigenvalue weighted by atomic mass is 16.3. The van der Waals surface area contributed by atoms with Gasteiger partial charge in [0.2, 0.25) is 0 Å². The first kappa shape index (κ1) is 14.1. The van der Waals surface area contributed by atoms with Gasteiger partial charge in [0.15, 0.2) is 5.76 Å². The molecule has 4 nitrogen and oxygen atoms in total. The van der Waals surface area contributed by atoms with Crippen molar-refractivity contribution >= 4 is 16.9 Å². The summed E-state index contributed by atoms with van der Waals surface area (Å²) in [4.78, 5) is 14.7. The molecule has 1 N–H and O–H groups in total. The Morgan fingerprint density at radius 2 is 2.24 bits per heavy atom. The topological polar surface area (TPSA) is 53.7 Å². The van der Waals surface area contributed by atoms with Crippen LogP contribution in [0.15, 0.2) is 28.7 Å². The highest BCUT2D eigenvalue weighted by Gasteiger charge is 2.31. The number of furan rings is 1. The van der Waals surface area contributed by atoms with Gasteiger partial charge in [-0.05, 0) is 38.7 Å². The van der Waals surface area contributed by atoms with Crippen LogP contribution in [-0.4, -0.2) is 35.1 Å². The number of nitrogens with zero attached hydrogens (tertiary/aromatic N) is 1. The van der Waals surface area contributed by atoms with Gasteiger partial charge in [0.25, 0.3) is 5.91 Å². The van der Waals surface area contributed by atoms with Gasteiger partial charge in [-0.3, -0.25) is 4.79 Å². The van der Waals surface area contributed by atoms with Crippen LogP contribution in [0.3, 0.4) is 0 Å². The molecular formula is C17H21NO3. The van der Waals surface area contributed by atoms with Crippen molar-refractivity contribution < 1.29 is 14.3 Å². The number of hydrogen-bond acceptors (Lipinski definition) is 3. The molecule has 0 spiro atoms. The molecule has 1 fully saturated rings. The standard InChI is InChI=1S/C17H21NO3/c1-12-14-8-2-3-9-15(14)21-16(12)17(20)18-10-4-6-13(18)7-5-11-19/h2-3,8-9,13,19H,4-7,10-11H2,1H3. The molecule has 0 radical (unpaired) electrons. The zero-order valence-corrected chi connectivity index (χ0v) is 12.3. The number of aryl methyl sites for hydroxylation is 1. The van der Waals surface area contributed by atoms with Crippen molar-refractivity contribution in [2.75, 3.05) is 13.2 Å². The van der Waals surface area contributed by atoms with Gasteiger partial charge in [0.1, 0.15) is 5.58 Å². The van der Waals surface area contributed by atoms with Crippen LogP contribution in [0, 0.1) is 6.92 Å². The first-order valence-electron chi connectivity index (χ1n) is 7.62. The number of aliphatic hydroxyl groups is 1. The summed E-state index contributed by atoms with van der Waals surface area (Å²) in [6.45, 7) is 2.91. The van der Waals surface area contributed by atoms with Gasteiger partial charge in [-0.2, -0.15) is 0 Å². The Hall–Kier alpha value is -1.81. The summed E-state index contributed by atoms with van der Waals surface area (Å²) in [5.41, 5.74) is 1.69. The van der Waals surface area contributed by atoms with Gasteiger partial charge in [-0.1, -0.05) is 18.2 Å². The van der Waals surface area contributed by atoms with Crippen molar-refractivity contribution in [2.45, 2.75) is 38.6 Å². The Morgan fingerprint density at radius 1 is 1.43 bits per heavy atom. The minimum absolute atomic E-state index is 0.0101. The van der Waals surface area contributed by atoms with Crippen LogP contribution in [0.4, 0.5) is 0 Å². The minimum Gasteiger partial charge on any atom is -0.451 e. The summed E-state index contributed by atoms with van der Waals surface area (Å²) in [6, 6.07) is 7.99. The normalized spacial score (nSPS) is 18.6. The summed E-state index contributed by atoms with van der Waals surface area (Å²) in [5, 5.41) is 9.99. The maximum atomic E-state index is 12.8. The second-order valence-electron chi connectivity index (χ2n) is 5.71. The Morgan fingerprint density at radius 3 is 3.00 bits per heavy atom. The lowest BCUT2D eigenvalue weighted by atomic mass is 10.1. The number of aliphatic hydroxyl groups excluding tert-OH is 1. The quantitative estimate of drug-likeness (QED) is 0.940. The predicted molar refractivity (Wildman–Crippen MR) is 81.3 cm³/mol. The molecule has 4 heteroatoms. The molecular weight excluding hydrogens is 266 g/mol. The molecule has 3 rings (SSSR count). The molecule has 0 bridgehead atoms. The van der Waals surface area contributed by atoms with Gasteiger partial charge in [0, 0.05) is 30.1 Å². The third-order valence-electron chi connectivity index (χ3n) is 4.37. The Labute approximate surface area is 124 Å². The van der Waals surface area contributed by atoms with Gasteiger partial charge < -0.3 is 14.4 Å². The van der Waals surface area contributed by atoms with Crippen LogP contribution < -0.4 is 0 Å². The highest BCUT2D eigenvalue weighted by Crippen LogP contribution is 2.29. The first-order chi connectivity index (χ1) is 10.2. The third-order valence-corrected chi connectivity index (χ3v) is 4.37. The zero-order valence-electron chi connectivity index (χ0n) is 12.3. The number of carbonyl (C=O) groups is 1. The molecule has 2 heterocycles. The van der Waals surface area contributed by atoms with Gasteiger partial charge in [-0.25, -0.2) is 0 Å². The summed E-state index contributed by atoms with van der Waals surface area (Å²) in [7, 11) is 0. The van der Waals surface area contributed by atoms with Crippen molar-refractivity contribution in [1.29, 1.82) is 0 Å². The maximum Gasteiger partial charge on any atom is 0.290 e. The van der Waals surface area contributed by atoms with Crippen LogP contribution in [0.2, 0.25) is 0 Å². The van der Waals surface area contributed by atoms with E-state index in [-0.39, 0.29) is 18.6 Å². The SMILES string of the molecule is Cc1c(C(=O)N2CCCC2CCCO)oc2ccccc12. The number of benzene rings is 1. The summed E-state index contributed by atoms with van der Waals surface area (Å²) in [5.74, 6) is 0.455. The van der Waals surface area contributed by atoms with E-state index in [9.17, 15) is 4.79 Å². The number of likely N-dealkylation sites (tertiary alicyclic amines) is 1. The van der Waals surface area contributed by atoms with Crippen molar-refractivity contribution in [1.82, 2.24) is 4.90 Å². The van der Waals surface area contributed by atoms with E-state index in [0.717, 1.165) is 48.8 Å². The average molecular weight is 287 g/mol. The predicted octanol–water partition coefficient (Wildman–Crippen LogP) is 3.12. The number of rotatable bonds is 4. The van der Waals surface area contributed by atoms with E-state index in [2.05, 4.69) is 0 Å². The van der Waals surface area contributed by atoms with E-state index in [1.807, 2.05) is 36.1 Å². The van der Waals surface area contributed by atoms with Crippen LogP contribution in [0.25, 0.3) is 11.0 Å². The molecule has 1 unspecified atom stereocenters. The van der Waals surface area contributed by atoms with E-state index < -0.39 is 0 Å². The molecule has 0 saturated carbocycles. The Balaban J connectivity index is 1.87. The number of hydrogen-bond donors (Lipinski definition) is 1. The van der Waals surface area contributed by atoms with E-state index in [4.69, 9.17) is 9.52 Å². The van der Waals surface area contributed by atoms with Crippen molar-refractivity contribution in [3.8, 4) is 0 Å². The fourth-order valence-corrected chi connectivity index (χ4v) is 3.24.